The first kappa shape index (κ1) is 15.4. The number of methoxy groups -OCH3 is 1. The Bertz CT molecular complexity index is 831. The molecule has 1 aliphatic carbocycles. The number of phenols is 1. The first-order valence-corrected chi connectivity index (χ1v) is 8.57. The van der Waals surface area contributed by atoms with Crippen molar-refractivity contribution in [3.05, 3.63) is 64.2 Å². The number of halogens is 1. The molecule has 0 saturated carbocycles. The summed E-state index contributed by atoms with van der Waals surface area (Å²) in [6.45, 7) is 2.10. The molecule has 0 bridgehead atoms. The highest BCUT2D eigenvalue weighted by atomic mass is 35.5. The first-order chi connectivity index (χ1) is 11.6. The Hall–Kier alpha value is -2.13. The minimum Gasteiger partial charge on any atom is -0.504 e. The van der Waals surface area contributed by atoms with E-state index in [-0.39, 0.29) is 11.8 Å². The van der Waals surface area contributed by atoms with Crippen molar-refractivity contribution in [3.63, 3.8) is 0 Å². The number of aromatic hydroxyl groups is 1. The molecular formula is C20H20ClNO2. The van der Waals surface area contributed by atoms with E-state index in [0.29, 0.717) is 17.6 Å². The van der Waals surface area contributed by atoms with Crippen LogP contribution in [0.3, 0.4) is 0 Å². The fraction of sp³-hybridized carbons (Fsp3) is 0.300. The third-order valence-electron chi connectivity index (χ3n) is 5.24. The van der Waals surface area contributed by atoms with Crippen molar-refractivity contribution >= 4 is 17.3 Å². The number of hydrogen-bond donors (Lipinski definition) is 2. The van der Waals surface area contributed by atoms with E-state index in [2.05, 4.69) is 30.5 Å². The third-order valence-corrected chi connectivity index (χ3v) is 5.57. The second-order valence-corrected chi connectivity index (χ2v) is 6.97. The van der Waals surface area contributed by atoms with Crippen LogP contribution in [0.15, 0.2) is 42.5 Å². The molecule has 124 valence electrons. The molecule has 2 N–H and O–H groups in total. The summed E-state index contributed by atoms with van der Waals surface area (Å²) in [6, 6.07) is 9.82. The van der Waals surface area contributed by atoms with Gasteiger partial charge in [-0.25, -0.2) is 0 Å². The summed E-state index contributed by atoms with van der Waals surface area (Å²) >= 11 is 6.51. The van der Waals surface area contributed by atoms with Crippen molar-refractivity contribution in [1.29, 1.82) is 0 Å². The second kappa shape index (κ2) is 5.75. The molecule has 3 nitrogen and oxygen atoms in total. The highest BCUT2D eigenvalue weighted by Gasteiger charge is 2.39. The first-order valence-electron chi connectivity index (χ1n) is 8.19. The lowest BCUT2D eigenvalue weighted by Gasteiger charge is -2.38. The van der Waals surface area contributed by atoms with Crippen LogP contribution in [0.4, 0.5) is 5.69 Å². The van der Waals surface area contributed by atoms with Crippen molar-refractivity contribution in [2.24, 2.45) is 5.92 Å². The molecular weight excluding hydrogens is 322 g/mol. The summed E-state index contributed by atoms with van der Waals surface area (Å²) < 4.78 is 5.16. The zero-order valence-corrected chi connectivity index (χ0v) is 14.5. The van der Waals surface area contributed by atoms with Crippen LogP contribution in [0.1, 0.15) is 35.1 Å². The van der Waals surface area contributed by atoms with Gasteiger partial charge in [-0.15, -0.1) is 0 Å². The molecule has 2 aromatic carbocycles. The van der Waals surface area contributed by atoms with Gasteiger partial charge in [0.1, 0.15) is 0 Å². The molecule has 24 heavy (non-hydrogen) atoms. The Morgan fingerprint density at radius 2 is 2.08 bits per heavy atom. The van der Waals surface area contributed by atoms with Crippen LogP contribution >= 0.6 is 11.6 Å². The Kier molecular flexibility index (Phi) is 3.69. The Morgan fingerprint density at radius 1 is 1.25 bits per heavy atom. The van der Waals surface area contributed by atoms with Crippen molar-refractivity contribution in [1.82, 2.24) is 0 Å². The number of fused-ring (bicyclic) bond motifs is 3. The average Bonchev–Trinajstić information content (AvgIpc) is 3.06. The SMILES string of the molecule is COc1ccc(C2Nc3c(C)ccc(Cl)c3C3C=CCC32)cc1O. The summed E-state index contributed by atoms with van der Waals surface area (Å²) in [6.07, 6.45) is 5.51. The second-order valence-electron chi connectivity index (χ2n) is 6.56. The average molecular weight is 342 g/mol. The molecule has 2 aliphatic rings. The number of allylic oxidation sites excluding steroid dienone is 2. The van der Waals surface area contributed by atoms with E-state index in [9.17, 15) is 5.11 Å². The molecule has 0 saturated heterocycles. The molecule has 0 fully saturated rings. The van der Waals surface area contributed by atoms with E-state index in [1.165, 1.54) is 11.1 Å². The zero-order valence-electron chi connectivity index (χ0n) is 13.7. The lowest BCUT2D eigenvalue weighted by Crippen LogP contribution is -2.29. The van der Waals surface area contributed by atoms with E-state index in [0.717, 1.165) is 22.7 Å². The maximum atomic E-state index is 10.2. The van der Waals surface area contributed by atoms with Gasteiger partial charge >= 0.3 is 0 Å². The molecule has 2 aromatic rings. The summed E-state index contributed by atoms with van der Waals surface area (Å²) in [7, 11) is 1.56. The van der Waals surface area contributed by atoms with Gasteiger partial charge in [0.05, 0.1) is 13.2 Å². The molecule has 4 heteroatoms. The van der Waals surface area contributed by atoms with Gasteiger partial charge in [-0.3, -0.25) is 0 Å². The zero-order chi connectivity index (χ0) is 16.8. The van der Waals surface area contributed by atoms with E-state index >= 15 is 0 Å². The minimum atomic E-state index is 0.131. The van der Waals surface area contributed by atoms with E-state index < -0.39 is 0 Å². The van der Waals surface area contributed by atoms with Crippen molar-refractivity contribution in [3.8, 4) is 11.5 Å². The van der Waals surface area contributed by atoms with Gasteiger partial charge < -0.3 is 15.2 Å². The van der Waals surface area contributed by atoms with Gasteiger partial charge in [0.15, 0.2) is 11.5 Å². The monoisotopic (exact) mass is 341 g/mol. The van der Waals surface area contributed by atoms with Gasteiger partial charge in [0.2, 0.25) is 0 Å². The number of rotatable bonds is 2. The number of aryl methyl sites for hydroxylation is 1. The third kappa shape index (κ3) is 2.27. The van der Waals surface area contributed by atoms with Crippen LogP contribution in [0.25, 0.3) is 0 Å². The van der Waals surface area contributed by atoms with Crippen LogP contribution in [-0.4, -0.2) is 12.2 Å². The minimum absolute atomic E-state index is 0.131. The summed E-state index contributed by atoms with van der Waals surface area (Å²) in [4.78, 5) is 0. The maximum absolute atomic E-state index is 10.2. The molecule has 1 heterocycles. The van der Waals surface area contributed by atoms with Crippen LogP contribution in [0.5, 0.6) is 11.5 Å². The molecule has 3 atom stereocenters. The van der Waals surface area contributed by atoms with Gasteiger partial charge in [0.25, 0.3) is 0 Å². The van der Waals surface area contributed by atoms with Gasteiger partial charge in [-0.2, -0.15) is 0 Å². The molecule has 0 amide bonds. The lowest BCUT2D eigenvalue weighted by molar-refractivity contribution is 0.371. The molecule has 1 aliphatic heterocycles. The molecule has 0 radical (unpaired) electrons. The maximum Gasteiger partial charge on any atom is 0.160 e. The Balaban J connectivity index is 1.81. The number of benzene rings is 2. The Morgan fingerprint density at radius 3 is 2.83 bits per heavy atom. The summed E-state index contributed by atoms with van der Waals surface area (Å²) in [5.41, 5.74) is 4.58. The molecule has 0 spiro atoms. The van der Waals surface area contributed by atoms with Gasteiger partial charge in [-0.1, -0.05) is 35.9 Å². The highest BCUT2D eigenvalue weighted by Crippen LogP contribution is 2.53. The van der Waals surface area contributed by atoms with E-state index in [4.69, 9.17) is 16.3 Å². The van der Waals surface area contributed by atoms with Gasteiger partial charge in [0, 0.05) is 22.2 Å². The van der Waals surface area contributed by atoms with E-state index in [1.54, 1.807) is 13.2 Å². The number of ether oxygens (including phenoxy) is 1. The van der Waals surface area contributed by atoms with Crippen LogP contribution in [0.2, 0.25) is 5.02 Å². The number of phenolic OH excluding ortho intramolecular Hbond substituents is 1. The molecule has 3 unspecified atom stereocenters. The predicted octanol–water partition coefficient (Wildman–Crippen LogP) is 5.19. The fourth-order valence-corrected chi connectivity index (χ4v) is 4.32. The lowest BCUT2D eigenvalue weighted by atomic mass is 9.76. The van der Waals surface area contributed by atoms with Gasteiger partial charge in [-0.05, 0) is 48.6 Å². The fourth-order valence-electron chi connectivity index (χ4n) is 4.04. The Labute approximate surface area is 146 Å². The predicted molar refractivity (Wildman–Crippen MR) is 97.2 cm³/mol. The molecule has 0 aromatic heterocycles. The standard InChI is InChI=1S/C20H20ClNO2/c1-11-6-8-15(21)18-13-4-3-5-14(13)20(22-19(11)18)12-7-9-17(24-2)16(23)10-12/h3-4,6-10,13-14,20,22-23H,5H2,1-2H3. The number of anilines is 1. The smallest absolute Gasteiger partial charge is 0.160 e. The van der Waals surface area contributed by atoms with Crippen molar-refractivity contribution in [2.75, 3.05) is 12.4 Å². The summed E-state index contributed by atoms with van der Waals surface area (Å²) in [5.74, 6) is 1.37. The number of hydrogen-bond acceptors (Lipinski definition) is 3. The van der Waals surface area contributed by atoms with E-state index in [1.807, 2.05) is 18.2 Å². The van der Waals surface area contributed by atoms with Crippen molar-refractivity contribution < 1.29 is 9.84 Å². The largest absolute Gasteiger partial charge is 0.504 e. The molecule has 4 rings (SSSR count). The normalized spacial score (nSPS) is 24.2. The highest BCUT2D eigenvalue weighted by molar-refractivity contribution is 6.32. The van der Waals surface area contributed by atoms with Crippen LogP contribution in [0, 0.1) is 12.8 Å². The van der Waals surface area contributed by atoms with Crippen LogP contribution < -0.4 is 10.1 Å². The van der Waals surface area contributed by atoms with Crippen LogP contribution in [-0.2, 0) is 0 Å². The topological polar surface area (TPSA) is 41.5 Å². The quantitative estimate of drug-likeness (QED) is 0.739. The summed E-state index contributed by atoms with van der Waals surface area (Å²) in [5, 5.41) is 14.7. The van der Waals surface area contributed by atoms with Crippen molar-refractivity contribution in [2.45, 2.75) is 25.3 Å². The number of nitrogens with one attached hydrogen (secondary N) is 1.